The van der Waals surface area contributed by atoms with Gasteiger partial charge in [0.05, 0.1) is 26.0 Å². The van der Waals surface area contributed by atoms with Crippen LogP contribution in [0, 0.1) is 0 Å². The van der Waals surface area contributed by atoms with Gasteiger partial charge in [0.15, 0.2) is 12.3 Å². The lowest BCUT2D eigenvalue weighted by atomic mass is 10.2. The molecule has 0 aliphatic rings. The van der Waals surface area contributed by atoms with E-state index in [1.54, 1.807) is 30.5 Å². The Hall–Kier alpha value is -2.60. The van der Waals surface area contributed by atoms with Crippen molar-refractivity contribution in [3.8, 4) is 0 Å². The summed E-state index contributed by atoms with van der Waals surface area (Å²) in [5.74, 6) is 0.336. The minimum Gasteiger partial charge on any atom is -0.465 e. The van der Waals surface area contributed by atoms with Crippen LogP contribution in [0.25, 0.3) is 0 Å². The highest BCUT2D eigenvalue weighted by atomic mass is 16.5. The van der Waals surface area contributed by atoms with Crippen LogP contribution in [0.3, 0.4) is 0 Å². The van der Waals surface area contributed by atoms with E-state index in [2.05, 4.69) is 10.1 Å². The average Bonchev–Trinajstić information content (AvgIpc) is 2.99. The molecule has 0 bridgehead atoms. The van der Waals surface area contributed by atoms with Gasteiger partial charge in [-0.2, -0.15) is 0 Å². The number of ether oxygens (including phenoxy) is 1. The summed E-state index contributed by atoms with van der Waals surface area (Å²) in [6, 6.07) is 10.3. The van der Waals surface area contributed by atoms with Gasteiger partial charge < -0.3 is 19.4 Å². The Bertz CT molecular complexity index is 620. The third-order valence-corrected chi connectivity index (χ3v) is 3.11. The van der Waals surface area contributed by atoms with E-state index in [0.29, 0.717) is 24.3 Å². The van der Waals surface area contributed by atoms with Crippen LogP contribution < -0.4 is 10.2 Å². The summed E-state index contributed by atoms with van der Waals surface area (Å²) in [6.07, 6.45) is 1.62. The molecule has 0 saturated heterocycles. The molecule has 2 N–H and O–H groups in total. The zero-order chi connectivity index (χ0) is 15.9. The van der Waals surface area contributed by atoms with Crippen molar-refractivity contribution in [1.82, 2.24) is 0 Å². The van der Waals surface area contributed by atoms with Gasteiger partial charge in [0.25, 0.3) is 5.91 Å². The number of carbonyl (C=O) groups is 2. The Labute approximate surface area is 128 Å². The van der Waals surface area contributed by atoms with E-state index >= 15 is 0 Å². The van der Waals surface area contributed by atoms with Crippen LogP contribution >= 0.6 is 0 Å². The molecule has 1 aromatic heterocycles. The van der Waals surface area contributed by atoms with Crippen molar-refractivity contribution >= 4 is 17.6 Å². The van der Waals surface area contributed by atoms with E-state index in [1.807, 2.05) is 19.2 Å². The number of amides is 1. The van der Waals surface area contributed by atoms with Gasteiger partial charge in [-0.25, -0.2) is 4.79 Å². The predicted molar refractivity (Wildman–Crippen MR) is 80.6 cm³/mol. The maximum Gasteiger partial charge on any atom is 0.337 e. The fraction of sp³-hybridized carbons (Fsp3) is 0.250. The summed E-state index contributed by atoms with van der Waals surface area (Å²) < 4.78 is 9.88. The molecule has 0 aliphatic heterocycles. The number of hydrogen-bond donors (Lipinski definition) is 2. The first-order valence-corrected chi connectivity index (χ1v) is 6.90. The molecule has 0 spiro atoms. The molecule has 1 atom stereocenters. The topological polar surface area (TPSA) is 73.0 Å². The van der Waals surface area contributed by atoms with Crippen molar-refractivity contribution in [2.75, 3.05) is 26.0 Å². The number of methoxy groups -OCH3 is 1. The summed E-state index contributed by atoms with van der Waals surface area (Å²) in [4.78, 5) is 24.3. The van der Waals surface area contributed by atoms with Crippen LogP contribution in [0.2, 0.25) is 0 Å². The molecule has 2 rings (SSSR count). The number of esters is 1. The van der Waals surface area contributed by atoms with Crippen LogP contribution in [0.15, 0.2) is 47.1 Å². The fourth-order valence-corrected chi connectivity index (χ4v) is 2.06. The zero-order valence-corrected chi connectivity index (χ0v) is 12.6. The summed E-state index contributed by atoms with van der Waals surface area (Å²) in [5.41, 5.74) is 1.09. The molecule has 6 heteroatoms. The van der Waals surface area contributed by atoms with Gasteiger partial charge >= 0.3 is 5.97 Å². The molecule has 6 nitrogen and oxygen atoms in total. The van der Waals surface area contributed by atoms with E-state index in [-0.39, 0.29) is 5.91 Å². The Morgan fingerprint density at radius 3 is 2.55 bits per heavy atom. The van der Waals surface area contributed by atoms with E-state index in [0.717, 1.165) is 10.7 Å². The Morgan fingerprint density at radius 1 is 1.23 bits per heavy atom. The molecular formula is C16H19N2O4+. The maximum atomic E-state index is 12.0. The third-order valence-electron chi connectivity index (χ3n) is 3.11. The number of benzene rings is 1. The second-order valence-corrected chi connectivity index (χ2v) is 5.01. The number of anilines is 1. The monoisotopic (exact) mass is 303 g/mol. The molecule has 2 aromatic rings. The van der Waals surface area contributed by atoms with Crippen molar-refractivity contribution < 1.29 is 23.6 Å². The number of likely N-dealkylation sites (N-methyl/N-ethyl adjacent to an activating group) is 1. The standard InChI is InChI=1S/C16H18N2O4/c1-18(10-14-4-3-9-22-14)11-15(19)17-13-7-5-12(6-8-13)16(20)21-2/h3-9H,10-11H2,1-2H3,(H,17,19)/p+1. The molecule has 1 amide bonds. The normalized spacial score (nSPS) is 11.7. The molecule has 116 valence electrons. The number of carbonyl (C=O) groups excluding carboxylic acids is 2. The van der Waals surface area contributed by atoms with Gasteiger partial charge in [0.2, 0.25) is 0 Å². The summed E-state index contributed by atoms with van der Waals surface area (Å²) in [7, 11) is 3.25. The lowest BCUT2D eigenvalue weighted by Crippen LogP contribution is -3.08. The summed E-state index contributed by atoms with van der Waals surface area (Å²) >= 11 is 0. The predicted octanol–water partition coefficient (Wildman–Crippen LogP) is 0.720. The molecule has 22 heavy (non-hydrogen) atoms. The van der Waals surface area contributed by atoms with E-state index < -0.39 is 5.97 Å². The van der Waals surface area contributed by atoms with Gasteiger partial charge in [0.1, 0.15) is 6.54 Å². The fourth-order valence-electron chi connectivity index (χ4n) is 2.06. The molecule has 1 heterocycles. The van der Waals surface area contributed by atoms with Gasteiger partial charge in [-0.1, -0.05) is 0 Å². The SMILES string of the molecule is COC(=O)c1ccc(NC(=O)C[NH+](C)Cc2ccco2)cc1. The highest BCUT2D eigenvalue weighted by Gasteiger charge is 2.12. The lowest BCUT2D eigenvalue weighted by molar-refractivity contribution is -0.886. The van der Waals surface area contributed by atoms with Gasteiger partial charge in [0, 0.05) is 5.69 Å². The second-order valence-electron chi connectivity index (χ2n) is 5.01. The molecule has 1 aromatic carbocycles. The Kier molecular flexibility index (Phi) is 5.32. The minimum absolute atomic E-state index is 0.102. The third kappa shape index (κ3) is 4.46. The van der Waals surface area contributed by atoms with Crippen molar-refractivity contribution in [3.63, 3.8) is 0 Å². The average molecular weight is 303 g/mol. The first-order chi connectivity index (χ1) is 10.6. The van der Waals surface area contributed by atoms with Crippen LogP contribution in [-0.2, 0) is 16.1 Å². The van der Waals surface area contributed by atoms with E-state index in [4.69, 9.17) is 4.42 Å². The van der Waals surface area contributed by atoms with Crippen LogP contribution in [0.5, 0.6) is 0 Å². The van der Waals surface area contributed by atoms with Crippen molar-refractivity contribution in [2.24, 2.45) is 0 Å². The van der Waals surface area contributed by atoms with Crippen molar-refractivity contribution in [2.45, 2.75) is 6.54 Å². The smallest absolute Gasteiger partial charge is 0.337 e. The number of nitrogens with one attached hydrogen (secondary N) is 2. The summed E-state index contributed by atoms with van der Waals surface area (Å²) in [6.45, 7) is 0.959. The number of hydrogen-bond acceptors (Lipinski definition) is 4. The highest BCUT2D eigenvalue weighted by Crippen LogP contribution is 2.10. The molecular weight excluding hydrogens is 284 g/mol. The second kappa shape index (κ2) is 7.42. The van der Waals surface area contributed by atoms with Gasteiger partial charge in [-0.15, -0.1) is 0 Å². The zero-order valence-electron chi connectivity index (χ0n) is 12.6. The van der Waals surface area contributed by atoms with Gasteiger partial charge in [-0.05, 0) is 36.4 Å². The van der Waals surface area contributed by atoms with Crippen molar-refractivity contribution in [3.05, 3.63) is 54.0 Å². The number of quaternary nitrogens is 1. The van der Waals surface area contributed by atoms with Crippen molar-refractivity contribution in [1.29, 1.82) is 0 Å². The molecule has 0 aliphatic carbocycles. The number of furan rings is 1. The lowest BCUT2D eigenvalue weighted by Gasteiger charge is -2.12. The first kappa shape index (κ1) is 15.8. The molecule has 0 saturated carbocycles. The molecule has 1 unspecified atom stereocenters. The quantitative estimate of drug-likeness (QED) is 0.771. The van der Waals surface area contributed by atoms with Crippen LogP contribution in [0.4, 0.5) is 5.69 Å². The largest absolute Gasteiger partial charge is 0.465 e. The first-order valence-electron chi connectivity index (χ1n) is 6.90. The minimum atomic E-state index is -0.402. The van der Waals surface area contributed by atoms with E-state index in [9.17, 15) is 9.59 Å². The maximum absolute atomic E-state index is 12.0. The van der Waals surface area contributed by atoms with Crippen LogP contribution in [-0.4, -0.2) is 32.6 Å². The van der Waals surface area contributed by atoms with Gasteiger partial charge in [-0.3, -0.25) is 4.79 Å². The molecule has 0 fully saturated rings. The Balaban J connectivity index is 1.85. The summed E-state index contributed by atoms with van der Waals surface area (Å²) in [5, 5.41) is 2.79. The Morgan fingerprint density at radius 2 is 1.95 bits per heavy atom. The van der Waals surface area contributed by atoms with Crippen LogP contribution in [0.1, 0.15) is 16.1 Å². The highest BCUT2D eigenvalue weighted by molar-refractivity contribution is 5.93. The van der Waals surface area contributed by atoms with E-state index in [1.165, 1.54) is 7.11 Å². The molecule has 0 radical (unpaired) electrons. The number of rotatable bonds is 6.